The summed E-state index contributed by atoms with van der Waals surface area (Å²) >= 11 is 15.0. The molecule has 4 aliphatic rings. The normalized spacial score (nSPS) is 22.3. The Morgan fingerprint density at radius 3 is 1.40 bits per heavy atom. The van der Waals surface area contributed by atoms with Gasteiger partial charge >= 0.3 is 23.9 Å². The molecular weight excluding hydrogens is 994 g/mol. The number of aromatic nitrogens is 2. The molecule has 0 saturated carbocycles. The summed E-state index contributed by atoms with van der Waals surface area (Å²) in [5, 5.41) is 29.1. The van der Waals surface area contributed by atoms with Crippen molar-refractivity contribution in [3.05, 3.63) is 125 Å². The van der Waals surface area contributed by atoms with E-state index in [0.29, 0.717) is 10.0 Å². The molecule has 26 heteroatoms. The third-order valence-electron chi connectivity index (χ3n) is 10.9. The first kappa shape index (κ1) is 50.0. The lowest BCUT2D eigenvalue weighted by molar-refractivity contribution is -0.143. The largest absolute Gasteiger partial charge is 0.480 e. The van der Waals surface area contributed by atoms with Crippen LogP contribution in [0.2, 0.25) is 10.0 Å². The average molecular weight is 1030 g/mol. The number of halogens is 8. The van der Waals surface area contributed by atoms with Crippen LogP contribution in [0.4, 0.5) is 26.3 Å². The molecule has 0 spiro atoms. The Labute approximate surface area is 399 Å². The summed E-state index contributed by atoms with van der Waals surface area (Å²) < 4.78 is 93.6. The van der Waals surface area contributed by atoms with Gasteiger partial charge in [0, 0.05) is 81.7 Å². The number of aliphatic imine (C=N–C) groups is 2. The highest BCUT2D eigenvalue weighted by Crippen LogP contribution is 2.41. The molecule has 2 aromatic carbocycles. The number of esters is 2. The topological polar surface area (TPSA) is 208 Å². The molecular formula is C42H36Cl2F6N8O8S2. The summed E-state index contributed by atoms with van der Waals surface area (Å²) in [6.07, 6.45) is 1.35. The Balaban J connectivity index is 0.000000201. The SMILES string of the molecule is COC(=O)C1=C(CN2CC(F)(F)C[C@H]2C(=O)O)NC(c2nccs2)=NC1c1ccc(F)cc1Cl.COC(=O)C1=C(CN2CC(F)(F)C[C@H]2C(=O)O)NC(c2nccs2)=N[C@H]1c1ccc(F)cc1Cl. The number of rotatable bonds is 12. The van der Waals surface area contributed by atoms with Gasteiger partial charge in [-0.05, 0) is 24.3 Å². The number of thiazole rings is 2. The Kier molecular flexibility index (Phi) is 15.0. The number of benzene rings is 2. The van der Waals surface area contributed by atoms with Crippen molar-refractivity contribution in [3.63, 3.8) is 0 Å². The molecule has 6 heterocycles. The molecule has 16 nitrogen and oxygen atoms in total. The minimum atomic E-state index is -3.21. The number of nitrogens with one attached hydrogen (secondary N) is 2. The lowest BCUT2D eigenvalue weighted by Gasteiger charge is -2.30. The average Bonchev–Trinajstić information content (AvgIpc) is 4.11. The Morgan fingerprint density at radius 1 is 0.706 bits per heavy atom. The quantitative estimate of drug-likeness (QED) is 0.0884. The Hall–Kier alpha value is -5.92. The molecule has 0 bridgehead atoms. The number of likely N-dealkylation sites (tertiary alicyclic amines) is 2. The summed E-state index contributed by atoms with van der Waals surface area (Å²) in [5.74, 6) is -11.6. The van der Waals surface area contributed by atoms with Crippen LogP contribution in [0, 0.1) is 11.6 Å². The van der Waals surface area contributed by atoms with Crippen molar-refractivity contribution in [2.45, 2.75) is 48.9 Å². The Bertz CT molecular complexity index is 2560. The maximum Gasteiger partial charge on any atom is 0.338 e. The van der Waals surface area contributed by atoms with Gasteiger partial charge in [-0.2, -0.15) is 0 Å². The smallest absolute Gasteiger partial charge is 0.338 e. The van der Waals surface area contributed by atoms with Gasteiger partial charge in [-0.15, -0.1) is 22.7 Å². The number of ether oxygens (including phenoxy) is 2. The Morgan fingerprint density at radius 2 is 1.09 bits per heavy atom. The van der Waals surface area contributed by atoms with E-state index in [9.17, 15) is 55.7 Å². The summed E-state index contributed by atoms with van der Waals surface area (Å²) in [4.78, 5) is 68.6. The summed E-state index contributed by atoms with van der Waals surface area (Å²) in [6, 6.07) is 2.07. The predicted octanol–water partition coefficient (Wildman–Crippen LogP) is 6.50. The van der Waals surface area contributed by atoms with Crippen LogP contribution in [0.1, 0.15) is 46.1 Å². The number of carbonyl (C=O) groups excluding carboxylic acids is 2. The van der Waals surface area contributed by atoms with E-state index in [2.05, 4.69) is 30.6 Å². The maximum absolute atomic E-state index is 14.1. The molecule has 0 aliphatic carbocycles. The number of alkyl halides is 4. The van der Waals surface area contributed by atoms with Crippen LogP contribution in [-0.2, 0) is 28.7 Å². The number of carbonyl (C=O) groups is 4. The molecule has 1 unspecified atom stereocenters. The van der Waals surface area contributed by atoms with Crippen LogP contribution in [0.25, 0.3) is 0 Å². The molecule has 4 N–H and O–H groups in total. The molecule has 0 radical (unpaired) electrons. The number of methoxy groups -OCH3 is 2. The molecule has 68 heavy (non-hydrogen) atoms. The molecule has 360 valence electrons. The van der Waals surface area contributed by atoms with Crippen molar-refractivity contribution in [3.8, 4) is 0 Å². The van der Waals surface area contributed by atoms with Crippen LogP contribution < -0.4 is 10.6 Å². The van der Waals surface area contributed by atoms with Crippen LogP contribution in [0.15, 0.2) is 92.1 Å². The third kappa shape index (κ3) is 11.0. The van der Waals surface area contributed by atoms with Crippen molar-refractivity contribution >= 4 is 81.4 Å². The second-order valence-electron chi connectivity index (χ2n) is 15.4. The zero-order valence-electron chi connectivity index (χ0n) is 35.2. The maximum atomic E-state index is 14.1. The van der Waals surface area contributed by atoms with Crippen molar-refractivity contribution in [1.82, 2.24) is 30.4 Å². The van der Waals surface area contributed by atoms with E-state index >= 15 is 0 Å². The molecule has 0 amide bonds. The third-order valence-corrected chi connectivity index (χ3v) is 13.1. The van der Waals surface area contributed by atoms with Gasteiger partial charge in [-0.1, -0.05) is 35.3 Å². The van der Waals surface area contributed by atoms with Crippen LogP contribution in [-0.4, -0.2) is 130 Å². The van der Waals surface area contributed by atoms with Crippen molar-refractivity contribution in [1.29, 1.82) is 0 Å². The molecule has 4 aliphatic heterocycles. The number of hydrogen-bond donors (Lipinski definition) is 4. The van der Waals surface area contributed by atoms with Crippen LogP contribution >= 0.6 is 45.9 Å². The minimum Gasteiger partial charge on any atom is -0.480 e. The second-order valence-corrected chi connectivity index (χ2v) is 18.0. The fraction of sp³-hybridized carbons (Fsp3) is 0.333. The number of aliphatic carboxylic acids is 2. The zero-order chi connectivity index (χ0) is 49.2. The first-order chi connectivity index (χ1) is 32.2. The van der Waals surface area contributed by atoms with Gasteiger partial charge in [0.15, 0.2) is 21.7 Å². The van der Waals surface area contributed by atoms with Crippen molar-refractivity contribution in [2.75, 3.05) is 40.4 Å². The predicted molar refractivity (Wildman–Crippen MR) is 235 cm³/mol. The number of carboxylic acid groups (broad SMARTS) is 2. The summed E-state index contributed by atoms with van der Waals surface area (Å²) in [7, 11) is 2.28. The van der Waals surface area contributed by atoms with E-state index in [1.54, 1.807) is 10.8 Å². The van der Waals surface area contributed by atoms with Gasteiger partial charge in [-0.3, -0.25) is 29.4 Å². The highest BCUT2D eigenvalue weighted by Gasteiger charge is 2.50. The van der Waals surface area contributed by atoms with Gasteiger partial charge in [-0.25, -0.2) is 45.9 Å². The second kappa shape index (κ2) is 20.4. The molecule has 2 saturated heterocycles. The lowest BCUT2D eigenvalue weighted by atomic mass is 9.95. The lowest BCUT2D eigenvalue weighted by Crippen LogP contribution is -2.43. The first-order valence-electron chi connectivity index (χ1n) is 19.9. The minimum absolute atomic E-state index is 0.00832. The van der Waals surface area contributed by atoms with Crippen molar-refractivity contribution in [2.24, 2.45) is 9.98 Å². The number of nitrogens with zero attached hydrogens (tertiary/aromatic N) is 6. The summed E-state index contributed by atoms with van der Waals surface area (Å²) in [6.45, 7) is -2.29. The highest BCUT2D eigenvalue weighted by molar-refractivity contribution is 7.12. The van der Waals surface area contributed by atoms with Crippen LogP contribution in [0.3, 0.4) is 0 Å². The number of hydrogen-bond acceptors (Lipinski definition) is 16. The van der Waals surface area contributed by atoms with Gasteiger partial charge in [0.25, 0.3) is 11.8 Å². The fourth-order valence-electron chi connectivity index (χ4n) is 7.93. The fourth-order valence-corrected chi connectivity index (χ4v) is 9.65. The number of carboxylic acids is 2. The van der Waals surface area contributed by atoms with Gasteiger partial charge < -0.3 is 30.3 Å². The van der Waals surface area contributed by atoms with E-state index in [1.807, 2.05) is 0 Å². The van der Waals surface area contributed by atoms with E-state index in [4.69, 9.17) is 32.7 Å². The van der Waals surface area contributed by atoms with Crippen LogP contribution in [0.5, 0.6) is 0 Å². The van der Waals surface area contributed by atoms with E-state index < -0.39 is 97.5 Å². The van der Waals surface area contributed by atoms with E-state index in [0.717, 1.165) is 48.3 Å². The monoisotopic (exact) mass is 1030 g/mol. The van der Waals surface area contributed by atoms with E-state index in [1.165, 1.54) is 47.2 Å². The zero-order valence-corrected chi connectivity index (χ0v) is 38.3. The first-order valence-corrected chi connectivity index (χ1v) is 22.4. The van der Waals surface area contributed by atoms with Gasteiger partial charge in [0.05, 0.1) is 38.5 Å². The molecule has 4 aromatic rings. The summed E-state index contributed by atoms with van der Waals surface area (Å²) in [5.41, 5.74) is 0.658. The molecule has 4 atom stereocenters. The van der Waals surface area contributed by atoms with Gasteiger partial charge in [0.2, 0.25) is 0 Å². The van der Waals surface area contributed by atoms with Crippen molar-refractivity contribution < 1.29 is 65.2 Å². The highest BCUT2D eigenvalue weighted by atomic mass is 35.5. The number of amidine groups is 2. The molecule has 2 fully saturated rings. The standard InChI is InChI=1S/2C21H18ClF3N4O4S/c2*1-33-20(32)15-13(8-29-9-21(24,25)7-14(29)19(30)31)27-17(18-26-4-5-34-18)28-16(15)11-3-2-10(23)6-12(11)22/h2*2-6,14,16H,7-9H2,1H3,(H,27,28)(H,30,31)/t14-,16?;14-,16-/m00/s1. The molecule has 2 aromatic heterocycles. The molecule has 8 rings (SSSR count). The van der Waals surface area contributed by atoms with E-state index in [-0.39, 0.29) is 68.5 Å². The van der Waals surface area contributed by atoms with Gasteiger partial charge in [0.1, 0.15) is 35.8 Å².